The fraction of sp³-hybridized carbons (Fsp3) is 0.294. The Labute approximate surface area is 133 Å². The molecule has 0 aliphatic heterocycles. The van der Waals surface area contributed by atoms with Gasteiger partial charge in [-0.15, -0.1) is 11.8 Å². The quantitative estimate of drug-likeness (QED) is 0.738. The first-order valence-electron chi connectivity index (χ1n) is 7.00. The minimum Gasteiger partial charge on any atom is -0.310 e. The zero-order chi connectivity index (χ0) is 13.8. The molecule has 0 radical (unpaired) electrons. The number of benzene rings is 2. The highest BCUT2D eigenvalue weighted by Gasteiger charge is 2.19. The summed E-state index contributed by atoms with van der Waals surface area (Å²) in [6.07, 6.45) is 2.69. The van der Waals surface area contributed by atoms with Gasteiger partial charge in [0, 0.05) is 27.7 Å². The lowest BCUT2D eigenvalue weighted by atomic mass is 10.2. The first-order valence-corrected chi connectivity index (χ1v) is 8.77. The molecule has 0 bridgehead atoms. The highest BCUT2D eigenvalue weighted by atomic mass is 79.9. The van der Waals surface area contributed by atoms with Crippen molar-refractivity contribution in [3.05, 3.63) is 64.1 Å². The van der Waals surface area contributed by atoms with Gasteiger partial charge < -0.3 is 5.32 Å². The van der Waals surface area contributed by atoms with Crippen LogP contribution in [0, 0.1) is 0 Å². The molecule has 0 spiro atoms. The van der Waals surface area contributed by atoms with Gasteiger partial charge in [-0.1, -0.05) is 46.3 Å². The van der Waals surface area contributed by atoms with Crippen LogP contribution in [0.1, 0.15) is 24.0 Å². The molecule has 0 aromatic heterocycles. The number of hydrogen-bond donors (Lipinski definition) is 1. The predicted octanol–water partition coefficient (Wildman–Crippen LogP) is 4.99. The van der Waals surface area contributed by atoms with Crippen LogP contribution < -0.4 is 5.32 Å². The molecular weight excluding hydrogens is 330 g/mol. The van der Waals surface area contributed by atoms with Crippen LogP contribution >= 0.6 is 27.7 Å². The molecule has 1 aliphatic carbocycles. The molecule has 1 nitrogen and oxygen atoms in total. The summed E-state index contributed by atoms with van der Waals surface area (Å²) in [7, 11) is 0. The normalized spacial score (nSPS) is 14.4. The van der Waals surface area contributed by atoms with E-state index in [1.165, 1.54) is 33.3 Å². The summed E-state index contributed by atoms with van der Waals surface area (Å²) in [4.78, 5) is 1.33. The zero-order valence-electron chi connectivity index (χ0n) is 11.3. The van der Waals surface area contributed by atoms with E-state index in [2.05, 4.69) is 69.8 Å². The summed E-state index contributed by atoms with van der Waals surface area (Å²) < 4.78 is 1.19. The summed E-state index contributed by atoms with van der Waals surface area (Å²) in [5.74, 6) is 1.00. The van der Waals surface area contributed by atoms with Crippen molar-refractivity contribution in [3.63, 3.8) is 0 Å². The Bertz CT molecular complexity index is 563. The second-order valence-electron chi connectivity index (χ2n) is 5.18. The highest BCUT2D eigenvalue weighted by molar-refractivity contribution is 9.10. The minimum absolute atomic E-state index is 0.777. The van der Waals surface area contributed by atoms with Gasteiger partial charge in [-0.3, -0.25) is 0 Å². The topological polar surface area (TPSA) is 12.0 Å². The molecule has 0 saturated heterocycles. The van der Waals surface area contributed by atoms with Crippen LogP contribution in [0.15, 0.2) is 57.9 Å². The Morgan fingerprint density at radius 3 is 2.50 bits per heavy atom. The molecule has 1 saturated carbocycles. The molecule has 0 atom stereocenters. The Balaban J connectivity index is 1.53. The predicted molar refractivity (Wildman–Crippen MR) is 90.0 cm³/mol. The molecule has 104 valence electrons. The average Bonchev–Trinajstić information content (AvgIpc) is 3.30. The van der Waals surface area contributed by atoms with Crippen LogP contribution in [0.4, 0.5) is 0 Å². The van der Waals surface area contributed by atoms with Gasteiger partial charge in [0.2, 0.25) is 0 Å². The third kappa shape index (κ3) is 4.11. The molecule has 1 aliphatic rings. The van der Waals surface area contributed by atoms with Gasteiger partial charge in [-0.05, 0) is 42.2 Å². The van der Waals surface area contributed by atoms with Gasteiger partial charge in [0.15, 0.2) is 0 Å². The minimum atomic E-state index is 0.777. The van der Waals surface area contributed by atoms with Gasteiger partial charge in [0.25, 0.3) is 0 Å². The molecule has 1 N–H and O–H groups in total. The standard InChI is InChI=1S/C17H18BrNS/c18-17-4-2-1-3-14(17)12-20-16-9-5-13(6-10-16)11-19-15-7-8-15/h1-6,9-10,15,19H,7-8,11-12H2. The Morgan fingerprint density at radius 2 is 1.80 bits per heavy atom. The molecule has 3 rings (SSSR count). The van der Waals surface area contributed by atoms with E-state index in [1.807, 2.05) is 11.8 Å². The number of hydrogen-bond acceptors (Lipinski definition) is 2. The Morgan fingerprint density at radius 1 is 1.05 bits per heavy atom. The van der Waals surface area contributed by atoms with Crippen molar-refractivity contribution in [2.75, 3.05) is 0 Å². The van der Waals surface area contributed by atoms with Gasteiger partial charge >= 0.3 is 0 Å². The number of rotatable bonds is 6. The van der Waals surface area contributed by atoms with Gasteiger partial charge in [0.1, 0.15) is 0 Å². The van der Waals surface area contributed by atoms with Crippen molar-refractivity contribution in [3.8, 4) is 0 Å². The third-order valence-corrected chi connectivity index (χ3v) is 5.28. The van der Waals surface area contributed by atoms with E-state index < -0.39 is 0 Å². The second-order valence-corrected chi connectivity index (χ2v) is 7.08. The van der Waals surface area contributed by atoms with Crippen molar-refractivity contribution in [1.82, 2.24) is 5.32 Å². The van der Waals surface area contributed by atoms with E-state index in [4.69, 9.17) is 0 Å². The van der Waals surface area contributed by atoms with Gasteiger partial charge in [0.05, 0.1) is 0 Å². The van der Waals surface area contributed by atoms with Gasteiger partial charge in [-0.25, -0.2) is 0 Å². The summed E-state index contributed by atoms with van der Waals surface area (Å²) in [6, 6.07) is 18.1. The van der Waals surface area contributed by atoms with Crippen LogP contribution in [-0.2, 0) is 12.3 Å². The molecule has 20 heavy (non-hydrogen) atoms. The van der Waals surface area contributed by atoms with E-state index >= 15 is 0 Å². The molecule has 2 aromatic rings. The molecular formula is C17H18BrNS. The lowest BCUT2D eigenvalue weighted by molar-refractivity contribution is 0.687. The lowest BCUT2D eigenvalue weighted by Gasteiger charge is -2.06. The van der Waals surface area contributed by atoms with Crippen LogP contribution in [0.5, 0.6) is 0 Å². The SMILES string of the molecule is Brc1ccccc1CSc1ccc(CNC2CC2)cc1. The molecule has 1 fully saturated rings. The second kappa shape index (κ2) is 6.79. The van der Waals surface area contributed by atoms with E-state index in [0.29, 0.717) is 0 Å². The average molecular weight is 348 g/mol. The third-order valence-electron chi connectivity index (χ3n) is 3.45. The first-order chi connectivity index (χ1) is 9.81. The zero-order valence-corrected chi connectivity index (χ0v) is 13.7. The van der Waals surface area contributed by atoms with Crippen molar-refractivity contribution >= 4 is 27.7 Å². The van der Waals surface area contributed by atoms with E-state index in [1.54, 1.807) is 0 Å². The number of thioether (sulfide) groups is 1. The smallest absolute Gasteiger partial charge is 0.0243 e. The van der Waals surface area contributed by atoms with Crippen LogP contribution in [0.3, 0.4) is 0 Å². The van der Waals surface area contributed by atoms with Crippen molar-refractivity contribution in [2.45, 2.75) is 36.1 Å². The molecule has 2 aromatic carbocycles. The van der Waals surface area contributed by atoms with Crippen molar-refractivity contribution < 1.29 is 0 Å². The molecule has 0 heterocycles. The maximum absolute atomic E-state index is 3.60. The summed E-state index contributed by atoms with van der Waals surface area (Å²) in [5.41, 5.74) is 2.72. The largest absolute Gasteiger partial charge is 0.310 e. The summed E-state index contributed by atoms with van der Waals surface area (Å²) in [5, 5.41) is 3.54. The molecule has 0 unspecified atom stereocenters. The number of nitrogens with one attached hydrogen (secondary N) is 1. The maximum Gasteiger partial charge on any atom is 0.0243 e. The summed E-state index contributed by atoms with van der Waals surface area (Å²) >= 11 is 5.48. The Kier molecular flexibility index (Phi) is 4.81. The fourth-order valence-electron chi connectivity index (χ4n) is 2.03. The van der Waals surface area contributed by atoms with E-state index in [9.17, 15) is 0 Å². The monoisotopic (exact) mass is 347 g/mol. The molecule has 0 amide bonds. The van der Waals surface area contributed by atoms with Crippen LogP contribution in [0.2, 0.25) is 0 Å². The first kappa shape index (κ1) is 14.2. The van der Waals surface area contributed by atoms with Gasteiger partial charge in [-0.2, -0.15) is 0 Å². The summed E-state index contributed by atoms with van der Waals surface area (Å²) in [6.45, 7) is 1.000. The van der Waals surface area contributed by atoms with E-state index in [-0.39, 0.29) is 0 Å². The lowest BCUT2D eigenvalue weighted by Crippen LogP contribution is -2.14. The molecule has 3 heteroatoms. The maximum atomic E-state index is 3.60. The van der Waals surface area contributed by atoms with Crippen molar-refractivity contribution in [1.29, 1.82) is 0 Å². The Hall–Kier alpha value is -0.770. The van der Waals surface area contributed by atoms with Crippen LogP contribution in [0.25, 0.3) is 0 Å². The highest BCUT2D eigenvalue weighted by Crippen LogP contribution is 2.27. The van der Waals surface area contributed by atoms with Crippen LogP contribution in [-0.4, -0.2) is 6.04 Å². The fourth-order valence-corrected chi connectivity index (χ4v) is 3.54. The van der Waals surface area contributed by atoms with Crippen molar-refractivity contribution in [2.24, 2.45) is 0 Å². The number of halogens is 1. The van der Waals surface area contributed by atoms with E-state index in [0.717, 1.165) is 18.3 Å².